The quantitative estimate of drug-likeness (QED) is 0.881. The predicted molar refractivity (Wildman–Crippen MR) is 66.6 cm³/mol. The maximum absolute atomic E-state index is 12.0. The molecule has 0 saturated carbocycles. The topological polar surface area (TPSA) is 62.1 Å². The van der Waals surface area contributed by atoms with E-state index in [1.54, 1.807) is 12.1 Å². The number of hydrogen-bond donors (Lipinski definition) is 1. The van der Waals surface area contributed by atoms with Gasteiger partial charge in [-0.25, -0.2) is 0 Å². The summed E-state index contributed by atoms with van der Waals surface area (Å²) in [6, 6.07) is 9.24. The maximum Gasteiger partial charge on any atom is 0.252 e. The fourth-order valence-electron chi connectivity index (χ4n) is 2.02. The van der Waals surface area contributed by atoms with E-state index in [2.05, 4.69) is 11.4 Å². The van der Waals surface area contributed by atoms with Crippen LogP contribution in [0.15, 0.2) is 24.3 Å². The molecule has 1 unspecified atom stereocenters. The van der Waals surface area contributed by atoms with E-state index in [-0.39, 0.29) is 5.91 Å². The molecule has 0 spiro atoms. The minimum atomic E-state index is -0.674. The molecule has 4 nitrogen and oxygen atoms in total. The lowest BCUT2D eigenvalue weighted by Gasteiger charge is -2.21. The van der Waals surface area contributed by atoms with Crippen molar-refractivity contribution in [2.24, 2.45) is 0 Å². The van der Waals surface area contributed by atoms with Crippen molar-refractivity contribution in [2.75, 3.05) is 6.61 Å². The Morgan fingerprint density at radius 2 is 2.22 bits per heavy atom. The molecule has 1 fully saturated rings. The van der Waals surface area contributed by atoms with Crippen LogP contribution in [0.3, 0.4) is 0 Å². The molecule has 0 aliphatic carbocycles. The number of nitrogens with one attached hydrogen (secondary N) is 1. The normalized spacial score (nSPS) is 22.4. The van der Waals surface area contributed by atoms with Crippen LogP contribution in [0.1, 0.15) is 30.9 Å². The van der Waals surface area contributed by atoms with E-state index >= 15 is 0 Å². The standard InChI is InChI=1S/C14H16N2O2/c1-14(7-2-8-18-14)13(17)16-10-12-5-3-11(9-15)4-6-12/h3-6H,2,7-8,10H2,1H3,(H,16,17). The Labute approximate surface area is 107 Å². The molecule has 1 saturated heterocycles. The van der Waals surface area contributed by atoms with E-state index in [4.69, 9.17) is 10.00 Å². The zero-order valence-corrected chi connectivity index (χ0v) is 10.4. The van der Waals surface area contributed by atoms with Gasteiger partial charge in [-0.05, 0) is 37.5 Å². The first-order chi connectivity index (χ1) is 8.64. The summed E-state index contributed by atoms with van der Waals surface area (Å²) in [6.07, 6.45) is 1.70. The average Bonchev–Trinajstić information content (AvgIpc) is 2.85. The Kier molecular flexibility index (Phi) is 3.63. The van der Waals surface area contributed by atoms with Gasteiger partial charge in [0.2, 0.25) is 0 Å². The molecule has 94 valence electrons. The predicted octanol–water partition coefficient (Wildman–Crippen LogP) is 1.74. The van der Waals surface area contributed by atoms with Crippen molar-refractivity contribution in [3.63, 3.8) is 0 Å². The number of benzene rings is 1. The molecule has 0 bridgehead atoms. The lowest BCUT2D eigenvalue weighted by Crippen LogP contribution is -2.43. The number of nitriles is 1. The number of rotatable bonds is 3. The zero-order chi connectivity index (χ0) is 13.0. The highest BCUT2D eigenvalue weighted by Crippen LogP contribution is 2.25. The first-order valence-corrected chi connectivity index (χ1v) is 6.05. The van der Waals surface area contributed by atoms with Crippen LogP contribution in [0.2, 0.25) is 0 Å². The lowest BCUT2D eigenvalue weighted by molar-refractivity contribution is -0.139. The molecule has 2 rings (SSSR count). The molecule has 1 aliphatic rings. The molecule has 1 aliphatic heterocycles. The summed E-state index contributed by atoms with van der Waals surface area (Å²) in [5, 5.41) is 11.6. The Hall–Kier alpha value is -1.86. The number of nitrogens with zero attached hydrogens (tertiary/aromatic N) is 1. The zero-order valence-electron chi connectivity index (χ0n) is 10.4. The van der Waals surface area contributed by atoms with Crippen LogP contribution in [0.25, 0.3) is 0 Å². The maximum atomic E-state index is 12.0. The van der Waals surface area contributed by atoms with Crippen molar-refractivity contribution >= 4 is 5.91 Å². The van der Waals surface area contributed by atoms with E-state index < -0.39 is 5.60 Å². The molecule has 1 amide bonds. The van der Waals surface area contributed by atoms with Crippen molar-refractivity contribution < 1.29 is 9.53 Å². The second-order valence-corrected chi connectivity index (χ2v) is 4.67. The van der Waals surface area contributed by atoms with Gasteiger partial charge in [-0.1, -0.05) is 12.1 Å². The van der Waals surface area contributed by atoms with Crippen LogP contribution in [0, 0.1) is 11.3 Å². The van der Waals surface area contributed by atoms with Crippen molar-refractivity contribution in [1.29, 1.82) is 5.26 Å². The summed E-state index contributed by atoms with van der Waals surface area (Å²) in [5.74, 6) is -0.0654. The van der Waals surface area contributed by atoms with E-state index in [9.17, 15) is 4.79 Å². The first-order valence-electron chi connectivity index (χ1n) is 6.05. The van der Waals surface area contributed by atoms with Gasteiger partial charge in [-0.2, -0.15) is 5.26 Å². The molecular formula is C14H16N2O2. The van der Waals surface area contributed by atoms with Gasteiger partial charge in [0.15, 0.2) is 0 Å². The molecule has 1 aromatic rings. The van der Waals surface area contributed by atoms with Gasteiger partial charge >= 0.3 is 0 Å². The molecule has 0 aromatic heterocycles. The van der Waals surface area contributed by atoms with Crippen LogP contribution in [-0.4, -0.2) is 18.1 Å². The monoisotopic (exact) mass is 244 g/mol. The van der Waals surface area contributed by atoms with Crippen molar-refractivity contribution in [1.82, 2.24) is 5.32 Å². The van der Waals surface area contributed by atoms with Gasteiger partial charge < -0.3 is 10.1 Å². The third kappa shape index (κ3) is 2.69. The van der Waals surface area contributed by atoms with Crippen LogP contribution in [0.5, 0.6) is 0 Å². The van der Waals surface area contributed by atoms with Gasteiger partial charge in [0.25, 0.3) is 5.91 Å². The van der Waals surface area contributed by atoms with Crippen molar-refractivity contribution in [3.05, 3.63) is 35.4 Å². The molecule has 18 heavy (non-hydrogen) atoms. The van der Waals surface area contributed by atoms with Crippen molar-refractivity contribution in [2.45, 2.75) is 31.9 Å². The molecule has 1 heterocycles. The Bertz CT molecular complexity index is 468. The molecule has 4 heteroatoms. The average molecular weight is 244 g/mol. The number of hydrogen-bond acceptors (Lipinski definition) is 3. The van der Waals surface area contributed by atoms with Crippen LogP contribution in [0.4, 0.5) is 0 Å². The molecule has 1 aromatic carbocycles. The van der Waals surface area contributed by atoms with Crippen molar-refractivity contribution in [3.8, 4) is 6.07 Å². The number of carbonyl (C=O) groups excluding carboxylic acids is 1. The highest BCUT2D eigenvalue weighted by molar-refractivity contribution is 5.84. The summed E-state index contributed by atoms with van der Waals surface area (Å²) in [4.78, 5) is 12.0. The summed E-state index contributed by atoms with van der Waals surface area (Å²) in [7, 11) is 0. The lowest BCUT2D eigenvalue weighted by atomic mass is 10.0. The second kappa shape index (κ2) is 5.19. The minimum absolute atomic E-state index is 0.0654. The van der Waals surface area contributed by atoms with Gasteiger partial charge in [0.05, 0.1) is 11.6 Å². The smallest absolute Gasteiger partial charge is 0.252 e. The first kappa shape index (κ1) is 12.6. The largest absolute Gasteiger partial charge is 0.365 e. The van der Waals surface area contributed by atoms with E-state index in [1.165, 1.54) is 0 Å². The third-order valence-corrected chi connectivity index (χ3v) is 3.24. The highest BCUT2D eigenvalue weighted by atomic mass is 16.5. The van der Waals surface area contributed by atoms with Gasteiger partial charge in [-0.3, -0.25) is 4.79 Å². The molecular weight excluding hydrogens is 228 g/mol. The third-order valence-electron chi connectivity index (χ3n) is 3.24. The molecule has 1 N–H and O–H groups in total. The van der Waals surface area contributed by atoms with E-state index in [0.29, 0.717) is 18.7 Å². The fraction of sp³-hybridized carbons (Fsp3) is 0.429. The highest BCUT2D eigenvalue weighted by Gasteiger charge is 2.37. The number of carbonyl (C=O) groups is 1. The Balaban J connectivity index is 1.91. The van der Waals surface area contributed by atoms with Crippen LogP contribution < -0.4 is 5.32 Å². The number of amides is 1. The molecule has 1 atom stereocenters. The fourth-order valence-corrected chi connectivity index (χ4v) is 2.02. The van der Waals surface area contributed by atoms with Crippen LogP contribution >= 0.6 is 0 Å². The summed E-state index contributed by atoms with van der Waals surface area (Å²) >= 11 is 0. The van der Waals surface area contributed by atoms with E-state index in [1.807, 2.05) is 19.1 Å². The van der Waals surface area contributed by atoms with E-state index in [0.717, 1.165) is 18.4 Å². The number of ether oxygens (including phenoxy) is 1. The Morgan fingerprint density at radius 1 is 1.50 bits per heavy atom. The van der Waals surface area contributed by atoms with Gasteiger partial charge in [0.1, 0.15) is 5.60 Å². The molecule has 0 radical (unpaired) electrons. The second-order valence-electron chi connectivity index (χ2n) is 4.67. The summed E-state index contributed by atoms with van der Waals surface area (Å²) in [6.45, 7) is 2.94. The van der Waals surface area contributed by atoms with Gasteiger partial charge in [0, 0.05) is 13.2 Å². The Morgan fingerprint density at radius 3 is 2.78 bits per heavy atom. The van der Waals surface area contributed by atoms with Crippen LogP contribution in [-0.2, 0) is 16.1 Å². The van der Waals surface area contributed by atoms with Gasteiger partial charge in [-0.15, -0.1) is 0 Å². The summed E-state index contributed by atoms with van der Waals surface area (Å²) in [5.41, 5.74) is 0.923. The SMILES string of the molecule is CC1(C(=O)NCc2ccc(C#N)cc2)CCCO1. The summed E-state index contributed by atoms with van der Waals surface area (Å²) < 4.78 is 5.47. The minimum Gasteiger partial charge on any atom is -0.365 e.